The van der Waals surface area contributed by atoms with E-state index in [4.69, 9.17) is 9.47 Å². The first-order valence-electron chi connectivity index (χ1n) is 8.55. The molecular formula is C18H29N3O2. The Morgan fingerprint density at radius 2 is 2.22 bits per heavy atom. The van der Waals surface area contributed by atoms with Crippen molar-refractivity contribution in [3.8, 4) is 0 Å². The third kappa shape index (κ3) is 6.59. The molecule has 1 aliphatic heterocycles. The lowest BCUT2D eigenvalue weighted by molar-refractivity contribution is 0.0191. The van der Waals surface area contributed by atoms with Gasteiger partial charge in [0, 0.05) is 19.7 Å². The maximum Gasteiger partial charge on any atom is 0.191 e. The molecule has 0 radical (unpaired) electrons. The molecule has 128 valence electrons. The van der Waals surface area contributed by atoms with Crippen LogP contribution in [0.2, 0.25) is 0 Å². The van der Waals surface area contributed by atoms with E-state index in [1.165, 1.54) is 11.1 Å². The summed E-state index contributed by atoms with van der Waals surface area (Å²) in [6.45, 7) is 8.68. The molecule has 0 bridgehead atoms. The van der Waals surface area contributed by atoms with E-state index in [1.54, 1.807) is 0 Å². The van der Waals surface area contributed by atoms with Crippen molar-refractivity contribution in [3.63, 3.8) is 0 Å². The van der Waals surface area contributed by atoms with Crippen molar-refractivity contribution in [2.45, 2.75) is 39.3 Å². The average Bonchev–Trinajstić information content (AvgIpc) is 3.07. The molecule has 23 heavy (non-hydrogen) atoms. The van der Waals surface area contributed by atoms with Crippen LogP contribution in [-0.2, 0) is 16.0 Å². The minimum absolute atomic E-state index is 0.290. The molecule has 0 aromatic heterocycles. The molecule has 1 fully saturated rings. The van der Waals surface area contributed by atoms with Crippen molar-refractivity contribution in [1.29, 1.82) is 0 Å². The van der Waals surface area contributed by atoms with Crippen molar-refractivity contribution in [1.82, 2.24) is 10.6 Å². The maximum atomic E-state index is 5.66. The summed E-state index contributed by atoms with van der Waals surface area (Å²) < 4.78 is 11.2. The number of ether oxygens (including phenoxy) is 2. The van der Waals surface area contributed by atoms with Gasteiger partial charge in [-0.2, -0.15) is 0 Å². The van der Waals surface area contributed by atoms with Gasteiger partial charge in [0.05, 0.1) is 25.9 Å². The molecule has 1 aromatic rings. The van der Waals surface area contributed by atoms with Gasteiger partial charge in [0.15, 0.2) is 5.96 Å². The number of aryl methyl sites for hydroxylation is 1. The van der Waals surface area contributed by atoms with Crippen LogP contribution in [0.5, 0.6) is 0 Å². The molecule has 1 saturated heterocycles. The van der Waals surface area contributed by atoms with E-state index in [0.717, 1.165) is 38.5 Å². The van der Waals surface area contributed by atoms with Gasteiger partial charge in [-0.15, -0.1) is 0 Å². The Kier molecular flexibility index (Phi) is 7.90. The topological polar surface area (TPSA) is 54.9 Å². The monoisotopic (exact) mass is 319 g/mol. The molecule has 1 aromatic carbocycles. The van der Waals surface area contributed by atoms with Crippen LogP contribution in [0.15, 0.2) is 29.3 Å². The first kappa shape index (κ1) is 17.8. The molecule has 0 amide bonds. The van der Waals surface area contributed by atoms with E-state index in [-0.39, 0.29) is 6.10 Å². The summed E-state index contributed by atoms with van der Waals surface area (Å²) >= 11 is 0. The quantitative estimate of drug-likeness (QED) is 0.438. The third-order valence-electron chi connectivity index (χ3n) is 3.88. The molecule has 2 rings (SSSR count). The second-order valence-corrected chi connectivity index (χ2v) is 5.76. The van der Waals surface area contributed by atoms with Gasteiger partial charge < -0.3 is 20.1 Å². The number of hydrogen-bond donors (Lipinski definition) is 2. The highest BCUT2D eigenvalue weighted by molar-refractivity contribution is 5.79. The van der Waals surface area contributed by atoms with Crippen molar-refractivity contribution in [3.05, 3.63) is 35.4 Å². The Bertz CT molecular complexity index is 485. The molecule has 1 aliphatic rings. The van der Waals surface area contributed by atoms with E-state index in [2.05, 4.69) is 53.7 Å². The van der Waals surface area contributed by atoms with Crippen molar-refractivity contribution in [2.24, 2.45) is 4.99 Å². The highest BCUT2D eigenvalue weighted by atomic mass is 16.5. The zero-order chi connectivity index (χ0) is 16.3. The molecule has 0 spiro atoms. The van der Waals surface area contributed by atoms with Crippen LogP contribution in [0.4, 0.5) is 0 Å². The van der Waals surface area contributed by atoms with E-state index in [9.17, 15) is 0 Å². The Morgan fingerprint density at radius 3 is 2.96 bits per heavy atom. The summed E-state index contributed by atoms with van der Waals surface area (Å²) in [5.41, 5.74) is 2.52. The molecule has 5 heteroatoms. The Hall–Kier alpha value is -1.59. The fourth-order valence-corrected chi connectivity index (χ4v) is 2.53. The zero-order valence-corrected chi connectivity index (χ0v) is 14.3. The van der Waals surface area contributed by atoms with Gasteiger partial charge in [-0.05, 0) is 37.8 Å². The summed E-state index contributed by atoms with van der Waals surface area (Å²) in [6, 6.07) is 8.34. The number of nitrogens with one attached hydrogen (secondary N) is 2. The van der Waals surface area contributed by atoms with E-state index in [1.807, 2.05) is 0 Å². The van der Waals surface area contributed by atoms with Gasteiger partial charge in [0.2, 0.25) is 0 Å². The van der Waals surface area contributed by atoms with Crippen LogP contribution in [0.3, 0.4) is 0 Å². The van der Waals surface area contributed by atoms with Gasteiger partial charge in [0.25, 0.3) is 0 Å². The fraction of sp³-hybridized carbons (Fsp3) is 0.611. The molecule has 2 N–H and O–H groups in total. The lowest BCUT2D eigenvalue weighted by Crippen LogP contribution is -2.39. The lowest BCUT2D eigenvalue weighted by Gasteiger charge is -2.13. The molecule has 1 heterocycles. The smallest absolute Gasteiger partial charge is 0.191 e. The van der Waals surface area contributed by atoms with E-state index < -0.39 is 0 Å². The summed E-state index contributed by atoms with van der Waals surface area (Å²) in [5, 5.41) is 6.57. The molecule has 0 saturated carbocycles. The van der Waals surface area contributed by atoms with Crippen LogP contribution in [-0.4, -0.2) is 45.0 Å². The molecular weight excluding hydrogens is 290 g/mol. The predicted octanol–water partition coefficient (Wildman–Crippen LogP) is 2.25. The molecule has 5 nitrogen and oxygen atoms in total. The first-order valence-corrected chi connectivity index (χ1v) is 8.55. The van der Waals surface area contributed by atoms with Gasteiger partial charge in [-0.3, -0.25) is 0 Å². The van der Waals surface area contributed by atoms with Crippen LogP contribution >= 0.6 is 0 Å². The average molecular weight is 319 g/mol. The summed E-state index contributed by atoms with van der Waals surface area (Å²) in [7, 11) is 0. The molecule has 1 atom stereocenters. The highest BCUT2D eigenvalue weighted by Gasteiger charge is 2.14. The van der Waals surface area contributed by atoms with Crippen molar-refractivity contribution in [2.75, 3.05) is 32.9 Å². The van der Waals surface area contributed by atoms with E-state index >= 15 is 0 Å². The Labute approximate surface area is 139 Å². The van der Waals surface area contributed by atoms with Crippen LogP contribution < -0.4 is 10.6 Å². The lowest BCUT2D eigenvalue weighted by atomic mass is 10.1. The summed E-state index contributed by atoms with van der Waals surface area (Å²) in [6.07, 6.45) is 2.56. The van der Waals surface area contributed by atoms with Crippen molar-refractivity contribution < 1.29 is 9.47 Å². The molecule has 1 unspecified atom stereocenters. The maximum absolute atomic E-state index is 5.66. The number of hydrogen-bond acceptors (Lipinski definition) is 3. The SMILES string of the molecule is CCNC(=NCc1ccccc1C)NCCOCC1CCCO1. The number of guanidine groups is 1. The van der Waals surface area contributed by atoms with E-state index in [0.29, 0.717) is 19.8 Å². The minimum atomic E-state index is 0.290. The number of rotatable bonds is 8. The Balaban J connectivity index is 1.70. The fourth-order valence-electron chi connectivity index (χ4n) is 2.53. The van der Waals surface area contributed by atoms with Crippen LogP contribution in [0.1, 0.15) is 30.9 Å². The van der Waals surface area contributed by atoms with Gasteiger partial charge in [-0.25, -0.2) is 4.99 Å². The second kappa shape index (κ2) is 10.2. The summed E-state index contributed by atoms with van der Waals surface area (Å²) in [4.78, 5) is 4.63. The van der Waals surface area contributed by atoms with Gasteiger partial charge >= 0.3 is 0 Å². The minimum Gasteiger partial charge on any atom is -0.377 e. The number of nitrogens with zero attached hydrogens (tertiary/aromatic N) is 1. The predicted molar refractivity (Wildman–Crippen MR) is 93.8 cm³/mol. The zero-order valence-electron chi connectivity index (χ0n) is 14.3. The second-order valence-electron chi connectivity index (χ2n) is 5.76. The van der Waals surface area contributed by atoms with Gasteiger partial charge in [-0.1, -0.05) is 24.3 Å². The number of aliphatic imine (C=N–C) groups is 1. The van der Waals surface area contributed by atoms with Crippen LogP contribution in [0.25, 0.3) is 0 Å². The highest BCUT2D eigenvalue weighted by Crippen LogP contribution is 2.11. The third-order valence-corrected chi connectivity index (χ3v) is 3.88. The normalized spacial score (nSPS) is 18.2. The molecule has 0 aliphatic carbocycles. The standard InChI is InChI=1S/C18H29N3O2/c1-3-19-18(21-13-16-8-5-4-7-15(16)2)20-10-12-22-14-17-9-6-11-23-17/h4-5,7-8,17H,3,6,9-14H2,1-2H3,(H2,19,20,21). The first-order chi connectivity index (χ1) is 11.3. The largest absolute Gasteiger partial charge is 0.377 e. The van der Waals surface area contributed by atoms with Gasteiger partial charge in [0.1, 0.15) is 0 Å². The summed E-state index contributed by atoms with van der Waals surface area (Å²) in [5.74, 6) is 0.830. The number of benzene rings is 1. The van der Waals surface area contributed by atoms with Crippen molar-refractivity contribution >= 4 is 5.96 Å². The Morgan fingerprint density at radius 1 is 1.35 bits per heavy atom. The van der Waals surface area contributed by atoms with Crippen LogP contribution in [0, 0.1) is 6.92 Å².